The third-order valence-corrected chi connectivity index (χ3v) is 5.50. The number of aliphatic imine (C=N–C) groups is 2. The predicted octanol–water partition coefficient (Wildman–Crippen LogP) is 2.49. The van der Waals surface area contributed by atoms with Crippen LogP contribution in [0.4, 0.5) is 0 Å². The maximum Gasteiger partial charge on any atom is 0.227 e. The minimum Gasteiger partial charge on any atom is -0.481 e. The maximum atomic E-state index is 5.73. The molecule has 0 amide bonds. The van der Waals surface area contributed by atoms with Crippen LogP contribution in [-0.2, 0) is 9.47 Å². The Morgan fingerprint density at radius 2 is 2.31 bits per heavy atom. The van der Waals surface area contributed by atoms with E-state index < -0.39 is 0 Å². The minimum absolute atomic E-state index is 0.170. The van der Waals surface area contributed by atoms with E-state index in [1.165, 1.54) is 5.57 Å². The number of hydrogen-bond donors (Lipinski definition) is 2. The van der Waals surface area contributed by atoms with Crippen LogP contribution in [0.5, 0.6) is 0 Å². The van der Waals surface area contributed by atoms with Gasteiger partial charge in [0.05, 0.1) is 25.5 Å². The van der Waals surface area contributed by atoms with Crippen molar-refractivity contribution in [2.75, 3.05) is 19.8 Å². The molecule has 0 aromatic carbocycles. The second-order valence-electron chi connectivity index (χ2n) is 7.74. The molecule has 4 heterocycles. The van der Waals surface area contributed by atoms with Gasteiger partial charge in [0, 0.05) is 24.6 Å². The molecule has 0 radical (unpaired) electrons. The first-order chi connectivity index (χ1) is 14.1. The van der Waals surface area contributed by atoms with Crippen molar-refractivity contribution in [2.45, 2.75) is 52.1 Å². The SMILES string of the molecule is CCOC1=NC(=NC2C=NN(C3CCOCC3C)C(C)=C2)NC2=C(CC=CN2)C1. The summed E-state index contributed by atoms with van der Waals surface area (Å²) in [5.41, 5.74) is 2.33. The second-order valence-corrected chi connectivity index (χ2v) is 7.74. The van der Waals surface area contributed by atoms with Gasteiger partial charge in [-0.25, -0.2) is 4.99 Å². The van der Waals surface area contributed by atoms with E-state index in [1.807, 2.05) is 19.3 Å². The summed E-state index contributed by atoms with van der Waals surface area (Å²) in [5, 5.41) is 13.4. The van der Waals surface area contributed by atoms with Gasteiger partial charge in [-0.15, -0.1) is 0 Å². The van der Waals surface area contributed by atoms with Crippen LogP contribution < -0.4 is 10.6 Å². The summed E-state index contributed by atoms with van der Waals surface area (Å²) in [6.45, 7) is 8.44. The molecule has 0 saturated carbocycles. The first-order valence-electron chi connectivity index (χ1n) is 10.4. The summed E-state index contributed by atoms with van der Waals surface area (Å²) in [6.07, 6.45) is 10.6. The van der Waals surface area contributed by atoms with E-state index >= 15 is 0 Å². The molecule has 0 aliphatic carbocycles. The largest absolute Gasteiger partial charge is 0.481 e. The molecule has 8 nitrogen and oxygen atoms in total. The number of hydrogen-bond acceptors (Lipinski definition) is 6. The van der Waals surface area contributed by atoms with E-state index in [0.717, 1.165) is 37.6 Å². The minimum atomic E-state index is -0.170. The highest BCUT2D eigenvalue weighted by Crippen LogP contribution is 2.26. The van der Waals surface area contributed by atoms with Crippen LogP contribution in [0.15, 0.2) is 50.5 Å². The number of allylic oxidation sites excluding steroid dienone is 2. The van der Waals surface area contributed by atoms with E-state index in [0.29, 0.717) is 36.8 Å². The zero-order valence-corrected chi connectivity index (χ0v) is 17.4. The zero-order valence-electron chi connectivity index (χ0n) is 17.4. The lowest BCUT2D eigenvalue weighted by Crippen LogP contribution is -2.42. The third kappa shape index (κ3) is 4.53. The van der Waals surface area contributed by atoms with Gasteiger partial charge in [-0.3, -0.25) is 5.01 Å². The van der Waals surface area contributed by atoms with Crippen LogP contribution in [0.25, 0.3) is 0 Å². The van der Waals surface area contributed by atoms with Gasteiger partial charge in [-0.05, 0) is 44.5 Å². The monoisotopic (exact) mass is 398 g/mol. The van der Waals surface area contributed by atoms with Crippen LogP contribution in [0.2, 0.25) is 0 Å². The standard InChI is InChI=1S/C21H30N6O2/c1-4-29-19-11-16-6-5-8-22-20(16)26-21(25-19)24-17-10-15(3)27(23-12-17)18-7-9-28-13-14(18)2/h5,8,10,12,14,17-18,22H,4,6-7,9,11,13H2,1-3H3,(H,24,26). The van der Waals surface area contributed by atoms with Gasteiger partial charge in [0.2, 0.25) is 5.96 Å². The molecule has 0 bridgehead atoms. The van der Waals surface area contributed by atoms with Gasteiger partial charge >= 0.3 is 0 Å². The zero-order chi connectivity index (χ0) is 20.2. The van der Waals surface area contributed by atoms with Crippen molar-refractivity contribution in [3.05, 3.63) is 35.4 Å². The van der Waals surface area contributed by atoms with Gasteiger partial charge in [-0.2, -0.15) is 10.1 Å². The van der Waals surface area contributed by atoms with Crippen LogP contribution in [0.1, 0.15) is 40.0 Å². The highest BCUT2D eigenvalue weighted by atomic mass is 16.5. The van der Waals surface area contributed by atoms with Crippen molar-refractivity contribution in [2.24, 2.45) is 21.0 Å². The number of hydrazone groups is 1. The Bertz CT molecular complexity index is 810. The van der Waals surface area contributed by atoms with Crippen molar-refractivity contribution in [3.8, 4) is 0 Å². The molecule has 29 heavy (non-hydrogen) atoms. The van der Waals surface area contributed by atoms with Gasteiger partial charge in [-0.1, -0.05) is 13.0 Å². The van der Waals surface area contributed by atoms with Crippen LogP contribution in [0.3, 0.4) is 0 Å². The first-order valence-corrected chi connectivity index (χ1v) is 10.4. The Balaban J connectivity index is 1.53. The topological polar surface area (TPSA) is 82.8 Å². The molecule has 156 valence electrons. The summed E-state index contributed by atoms with van der Waals surface area (Å²) in [5.74, 6) is 2.61. The van der Waals surface area contributed by atoms with Gasteiger partial charge in [0.15, 0.2) is 5.90 Å². The number of rotatable bonds is 3. The van der Waals surface area contributed by atoms with E-state index in [2.05, 4.69) is 46.6 Å². The quantitative estimate of drug-likeness (QED) is 0.763. The van der Waals surface area contributed by atoms with Crippen molar-refractivity contribution in [1.82, 2.24) is 15.6 Å². The van der Waals surface area contributed by atoms with Gasteiger partial charge in [0.25, 0.3) is 0 Å². The van der Waals surface area contributed by atoms with Gasteiger partial charge < -0.3 is 20.1 Å². The van der Waals surface area contributed by atoms with Crippen molar-refractivity contribution in [3.63, 3.8) is 0 Å². The van der Waals surface area contributed by atoms with Crippen molar-refractivity contribution >= 4 is 18.1 Å². The number of nitrogens with zero attached hydrogens (tertiary/aromatic N) is 4. The lowest BCUT2D eigenvalue weighted by Gasteiger charge is -2.38. The average Bonchev–Trinajstić information content (AvgIpc) is 2.87. The second kappa shape index (κ2) is 8.82. The predicted molar refractivity (Wildman–Crippen MR) is 114 cm³/mol. The maximum absolute atomic E-state index is 5.73. The molecule has 0 aromatic rings. The Hall–Kier alpha value is -2.61. The Labute approximate surface area is 172 Å². The fraction of sp³-hybridized carbons (Fsp3) is 0.571. The van der Waals surface area contributed by atoms with Crippen LogP contribution in [0, 0.1) is 5.92 Å². The lowest BCUT2D eigenvalue weighted by molar-refractivity contribution is 0.00507. The molecule has 4 aliphatic heterocycles. The molecule has 8 heteroatoms. The molecule has 3 unspecified atom stereocenters. The summed E-state index contributed by atoms with van der Waals surface area (Å²) in [4.78, 5) is 9.42. The van der Waals surface area contributed by atoms with Gasteiger partial charge in [0.1, 0.15) is 11.9 Å². The van der Waals surface area contributed by atoms with Crippen LogP contribution >= 0.6 is 0 Å². The molecule has 1 saturated heterocycles. The molecule has 2 N–H and O–H groups in total. The molecular formula is C21H30N6O2. The highest BCUT2D eigenvalue weighted by Gasteiger charge is 2.30. The molecule has 4 rings (SSSR count). The molecule has 4 aliphatic rings. The number of ether oxygens (including phenoxy) is 2. The first kappa shape index (κ1) is 19.7. The highest BCUT2D eigenvalue weighted by molar-refractivity contribution is 5.97. The number of guanidine groups is 1. The summed E-state index contributed by atoms with van der Waals surface area (Å²) < 4.78 is 11.3. The van der Waals surface area contributed by atoms with Crippen LogP contribution in [-0.4, -0.2) is 55.0 Å². The molecule has 0 aromatic heterocycles. The fourth-order valence-corrected chi connectivity index (χ4v) is 4.01. The van der Waals surface area contributed by atoms with E-state index in [4.69, 9.17) is 19.6 Å². The average molecular weight is 399 g/mol. The van der Waals surface area contributed by atoms with E-state index in [-0.39, 0.29) is 6.04 Å². The Kier molecular flexibility index (Phi) is 5.99. The summed E-state index contributed by atoms with van der Waals surface area (Å²) in [7, 11) is 0. The third-order valence-electron chi connectivity index (χ3n) is 5.50. The summed E-state index contributed by atoms with van der Waals surface area (Å²) in [6, 6.07) is 0.200. The molecule has 0 spiro atoms. The Morgan fingerprint density at radius 3 is 3.10 bits per heavy atom. The number of nitrogens with one attached hydrogen (secondary N) is 2. The smallest absolute Gasteiger partial charge is 0.227 e. The molecule has 3 atom stereocenters. The Morgan fingerprint density at radius 1 is 1.41 bits per heavy atom. The lowest BCUT2D eigenvalue weighted by atomic mass is 9.96. The van der Waals surface area contributed by atoms with Crippen molar-refractivity contribution in [1.29, 1.82) is 0 Å². The number of dihydropyridines is 1. The normalized spacial score (nSPS) is 30.8. The van der Waals surface area contributed by atoms with E-state index in [9.17, 15) is 0 Å². The molecule has 1 fully saturated rings. The van der Waals surface area contributed by atoms with E-state index in [1.54, 1.807) is 0 Å². The fourth-order valence-electron chi connectivity index (χ4n) is 4.01. The summed E-state index contributed by atoms with van der Waals surface area (Å²) >= 11 is 0. The van der Waals surface area contributed by atoms with Crippen molar-refractivity contribution < 1.29 is 9.47 Å². The molecular weight excluding hydrogens is 368 g/mol.